The lowest BCUT2D eigenvalue weighted by Crippen LogP contribution is -2.66. The molecule has 0 amide bonds. The van der Waals surface area contributed by atoms with Gasteiger partial charge in [-0.1, -0.05) is 131 Å². The van der Waals surface area contributed by atoms with E-state index in [2.05, 4.69) is 159 Å². The van der Waals surface area contributed by atoms with Gasteiger partial charge in [0.2, 0.25) is 0 Å². The van der Waals surface area contributed by atoms with Crippen LogP contribution in [0.4, 0.5) is 0 Å². The maximum Gasteiger partial charge on any atom is 0.296 e. The molecular formula is C48H67N2+. The molecule has 3 aromatic carbocycles. The highest BCUT2D eigenvalue weighted by Gasteiger charge is 2.56. The van der Waals surface area contributed by atoms with E-state index < -0.39 is 0 Å². The molecule has 0 N–H and O–H groups in total. The van der Waals surface area contributed by atoms with Crippen LogP contribution >= 0.6 is 0 Å². The number of imidazole rings is 1. The fourth-order valence-electron chi connectivity index (χ4n) is 10.8. The average molecular weight is 672 g/mol. The van der Waals surface area contributed by atoms with Crippen molar-refractivity contribution in [1.29, 1.82) is 0 Å². The monoisotopic (exact) mass is 672 g/mol. The summed E-state index contributed by atoms with van der Waals surface area (Å²) in [5, 5.41) is 4.23. The topological polar surface area (TPSA) is 8.29 Å². The molecule has 1 atom stereocenters. The van der Waals surface area contributed by atoms with Crippen molar-refractivity contribution in [2.45, 2.75) is 151 Å². The molecule has 0 bridgehead atoms. The molecule has 6 rings (SSSR count). The number of aromatic nitrogens is 2. The Balaban J connectivity index is 1.85. The third-order valence-corrected chi connectivity index (χ3v) is 12.9. The summed E-state index contributed by atoms with van der Waals surface area (Å²) < 4.78 is 5.52. The molecule has 50 heavy (non-hydrogen) atoms. The summed E-state index contributed by atoms with van der Waals surface area (Å²) in [5.74, 6) is 3.58. The number of hydrogen-bond acceptors (Lipinski definition) is 0. The van der Waals surface area contributed by atoms with Crippen LogP contribution in [-0.4, -0.2) is 4.40 Å². The van der Waals surface area contributed by atoms with Crippen molar-refractivity contribution in [3.05, 3.63) is 83.6 Å². The number of fused-ring (bicyclic) bond motifs is 3. The lowest BCUT2D eigenvalue weighted by Gasteiger charge is -2.48. The Labute approximate surface area is 304 Å². The van der Waals surface area contributed by atoms with E-state index in [1.165, 1.54) is 64.3 Å². The minimum Gasteiger partial charge on any atom is -0.223 e. The molecule has 5 aromatic rings. The van der Waals surface area contributed by atoms with Crippen molar-refractivity contribution in [3.63, 3.8) is 0 Å². The summed E-state index contributed by atoms with van der Waals surface area (Å²) in [6, 6.07) is 23.9. The molecular weight excluding hydrogens is 605 g/mol. The van der Waals surface area contributed by atoms with Crippen molar-refractivity contribution < 1.29 is 4.57 Å². The van der Waals surface area contributed by atoms with Gasteiger partial charge in [0, 0.05) is 21.8 Å². The summed E-state index contributed by atoms with van der Waals surface area (Å²) in [5.41, 5.74) is 10.3. The summed E-state index contributed by atoms with van der Waals surface area (Å²) >= 11 is 0. The summed E-state index contributed by atoms with van der Waals surface area (Å²) in [6.07, 6.45) is 10.8. The Morgan fingerprint density at radius 1 is 0.600 bits per heavy atom. The zero-order chi connectivity index (χ0) is 36.1. The van der Waals surface area contributed by atoms with Gasteiger partial charge in [0.05, 0.1) is 5.39 Å². The third-order valence-electron chi connectivity index (χ3n) is 12.9. The van der Waals surface area contributed by atoms with Gasteiger partial charge >= 0.3 is 0 Å². The summed E-state index contributed by atoms with van der Waals surface area (Å²) in [4.78, 5) is 0. The van der Waals surface area contributed by atoms with Crippen molar-refractivity contribution >= 4 is 27.3 Å². The molecule has 3 heterocycles. The number of benzene rings is 3. The lowest BCUT2D eigenvalue weighted by molar-refractivity contribution is -0.751. The minimum absolute atomic E-state index is 0.0402. The van der Waals surface area contributed by atoms with Crippen molar-refractivity contribution in [1.82, 2.24) is 4.40 Å². The molecule has 1 aliphatic rings. The molecule has 2 nitrogen and oxygen atoms in total. The Bertz CT molecular complexity index is 1900. The SMILES string of the molecule is CCC1(CC)c2cccc3c4ccccc4n4c(-c5c(C(CC(C)C)CC(C)C)cccc5C(CC(C)C)CC(C)C)c[n+](c4c23)C1(C)CC. The van der Waals surface area contributed by atoms with Crippen molar-refractivity contribution in [3.8, 4) is 11.3 Å². The predicted octanol–water partition coefficient (Wildman–Crippen LogP) is 13.7. The van der Waals surface area contributed by atoms with Crippen LogP contribution in [0.5, 0.6) is 0 Å². The first kappa shape index (κ1) is 36.7. The molecule has 0 saturated heterocycles. The van der Waals surface area contributed by atoms with Crippen LogP contribution in [0.15, 0.2) is 66.9 Å². The smallest absolute Gasteiger partial charge is 0.223 e. The minimum atomic E-state index is -0.0661. The van der Waals surface area contributed by atoms with E-state index in [1.807, 2.05) is 0 Å². The molecule has 1 unspecified atom stereocenters. The van der Waals surface area contributed by atoms with Crippen LogP contribution in [0.1, 0.15) is 157 Å². The van der Waals surface area contributed by atoms with Crippen molar-refractivity contribution in [2.24, 2.45) is 23.7 Å². The van der Waals surface area contributed by atoms with Crippen LogP contribution < -0.4 is 4.57 Å². The highest BCUT2D eigenvalue weighted by molar-refractivity contribution is 6.13. The number of nitrogens with zero attached hydrogens (tertiary/aromatic N) is 2. The summed E-state index contributed by atoms with van der Waals surface area (Å²) in [6.45, 7) is 29.3. The molecule has 0 fully saturated rings. The van der Waals surface area contributed by atoms with Gasteiger partial charge in [-0.05, 0) is 110 Å². The second kappa shape index (κ2) is 14.1. The lowest BCUT2D eigenvalue weighted by atomic mass is 9.59. The highest BCUT2D eigenvalue weighted by Crippen LogP contribution is 2.53. The Kier molecular flexibility index (Phi) is 10.4. The fraction of sp³-hybridized carbons (Fsp3) is 0.562. The summed E-state index contributed by atoms with van der Waals surface area (Å²) in [7, 11) is 0. The number of rotatable bonds is 14. The van der Waals surface area contributed by atoms with E-state index in [-0.39, 0.29) is 11.0 Å². The standard InChI is InChI=1S/C48H67N2/c1-13-47(12)48(14-2,15-3)41-24-19-23-40-39-20-16-17-25-42(39)50-43(30-49(47)46(50)45(40)41)44-37(35(26-31(4)5)27-32(6)7)21-18-22-38(44)36(28-33(8)9)29-34(10)11/h16-25,30-36H,13-15,26-29H2,1-12H3/q+1. The third kappa shape index (κ3) is 5.81. The van der Waals surface area contributed by atoms with Crippen LogP contribution in [-0.2, 0) is 11.0 Å². The zero-order valence-electron chi connectivity index (χ0n) is 33.7. The molecule has 0 aliphatic carbocycles. The van der Waals surface area contributed by atoms with E-state index in [9.17, 15) is 0 Å². The van der Waals surface area contributed by atoms with E-state index in [1.54, 1.807) is 16.7 Å². The van der Waals surface area contributed by atoms with Gasteiger partial charge in [0.15, 0.2) is 5.69 Å². The van der Waals surface area contributed by atoms with E-state index in [4.69, 9.17) is 0 Å². The molecule has 2 aromatic heterocycles. The molecule has 0 radical (unpaired) electrons. The predicted molar refractivity (Wildman–Crippen MR) is 218 cm³/mol. The van der Waals surface area contributed by atoms with Crippen LogP contribution in [0.2, 0.25) is 0 Å². The van der Waals surface area contributed by atoms with Gasteiger partial charge in [-0.15, -0.1) is 0 Å². The highest BCUT2D eigenvalue weighted by atomic mass is 15.2. The largest absolute Gasteiger partial charge is 0.296 e. The molecule has 1 aliphatic heterocycles. The first-order valence-corrected chi connectivity index (χ1v) is 20.4. The van der Waals surface area contributed by atoms with Gasteiger partial charge in [0.25, 0.3) is 5.65 Å². The molecule has 2 heteroatoms. The van der Waals surface area contributed by atoms with Gasteiger partial charge in [0.1, 0.15) is 17.3 Å². The van der Waals surface area contributed by atoms with Crippen LogP contribution in [0.25, 0.3) is 38.6 Å². The first-order valence-electron chi connectivity index (χ1n) is 20.4. The van der Waals surface area contributed by atoms with E-state index in [0.717, 1.165) is 19.3 Å². The number of pyridine rings is 1. The Morgan fingerprint density at radius 3 is 1.60 bits per heavy atom. The van der Waals surface area contributed by atoms with E-state index in [0.29, 0.717) is 35.5 Å². The first-order chi connectivity index (χ1) is 23.8. The van der Waals surface area contributed by atoms with Gasteiger partial charge < -0.3 is 0 Å². The van der Waals surface area contributed by atoms with Crippen LogP contribution in [0, 0.1) is 23.7 Å². The number of para-hydroxylation sites is 1. The van der Waals surface area contributed by atoms with Gasteiger partial charge in [-0.25, -0.2) is 4.57 Å². The Hall–Kier alpha value is -3.13. The maximum atomic E-state index is 2.79. The number of hydrogen-bond donors (Lipinski definition) is 0. The maximum absolute atomic E-state index is 2.79. The second-order valence-electron chi connectivity index (χ2n) is 17.9. The van der Waals surface area contributed by atoms with Gasteiger partial charge in [-0.3, -0.25) is 0 Å². The van der Waals surface area contributed by atoms with Crippen molar-refractivity contribution in [2.75, 3.05) is 0 Å². The van der Waals surface area contributed by atoms with Gasteiger partial charge in [-0.2, -0.15) is 4.40 Å². The second-order valence-corrected chi connectivity index (χ2v) is 17.9. The molecule has 268 valence electrons. The molecule has 0 saturated carbocycles. The quantitative estimate of drug-likeness (QED) is 0.0820. The van der Waals surface area contributed by atoms with E-state index >= 15 is 0 Å². The van der Waals surface area contributed by atoms with Crippen LogP contribution in [0.3, 0.4) is 0 Å². The molecule has 0 spiro atoms. The average Bonchev–Trinajstić information content (AvgIpc) is 3.48. The Morgan fingerprint density at radius 2 is 1.10 bits per heavy atom. The zero-order valence-corrected chi connectivity index (χ0v) is 33.7. The fourth-order valence-corrected chi connectivity index (χ4v) is 10.8. The normalized spacial score (nSPS) is 17.5.